The Balaban J connectivity index is 2.22. The molecule has 0 heterocycles. The zero-order valence-electron chi connectivity index (χ0n) is 12.3. The van der Waals surface area contributed by atoms with E-state index in [0.29, 0.717) is 27.1 Å². The second kappa shape index (κ2) is 7.90. The predicted molar refractivity (Wildman–Crippen MR) is 90.5 cm³/mol. The molecular weight excluding hydrogens is 339 g/mol. The summed E-state index contributed by atoms with van der Waals surface area (Å²) in [6.07, 6.45) is 2.51. The smallest absolute Gasteiger partial charge is 0.328 e. The van der Waals surface area contributed by atoms with E-state index >= 15 is 0 Å². The maximum Gasteiger partial charge on any atom is 0.328 e. The number of carboxylic acids is 1. The van der Waals surface area contributed by atoms with Crippen LogP contribution in [0.5, 0.6) is 11.5 Å². The molecule has 0 aliphatic heterocycles. The fraction of sp³-hybridized carbons (Fsp3) is 0.118. The standard InChI is InChI=1S/C17H14Cl2O4/c1-22-13-5-3-12(4-7-17(20)21)16(9-13)23-10-11-2-6-14(18)15(19)8-11/h2-9H,10H2,1H3,(H,20,21)/b7-4+. The third-order valence-corrected chi connectivity index (χ3v) is 3.74. The molecule has 0 aliphatic carbocycles. The minimum Gasteiger partial charge on any atom is -0.497 e. The summed E-state index contributed by atoms with van der Waals surface area (Å²) in [6, 6.07) is 10.4. The summed E-state index contributed by atoms with van der Waals surface area (Å²) in [5.74, 6) is 0.0887. The summed E-state index contributed by atoms with van der Waals surface area (Å²) < 4.78 is 10.9. The van der Waals surface area contributed by atoms with Gasteiger partial charge >= 0.3 is 5.97 Å². The number of hydrogen-bond acceptors (Lipinski definition) is 3. The first-order valence-electron chi connectivity index (χ1n) is 6.65. The molecule has 0 amide bonds. The van der Waals surface area contributed by atoms with Crippen LogP contribution in [0, 0.1) is 0 Å². The SMILES string of the molecule is COc1ccc(/C=C/C(=O)O)c(OCc2ccc(Cl)c(Cl)c2)c1. The molecule has 120 valence electrons. The Kier molecular flexibility index (Phi) is 5.90. The van der Waals surface area contributed by atoms with Gasteiger partial charge in [0.05, 0.1) is 17.2 Å². The Morgan fingerprint density at radius 1 is 1.17 bits per heavy atom. The van der Waals surface area contributed by atoms with Crippen molar-refractivity contribution in [3.05, 3.63) is 63.6 Å². The highest BCUT2D eigenvalue weighted by atomic mass is 35.5. The molecule has 0 saturated carbocycles. The van der Waals surface area contributed by atoms with Crippen molar-refractivity contribution in [2.24, 2.45) is 0 Å². The molecule has 0 radical (unpaired) electrons. The van der Waals surface area contributed by atoms with Gasteiger partial charge in [0.15, 0.2) is 0 Å². The van der Waals surface area contributed by atoms with Gasteiger partial charge in [-0.3, -0.25) is 0 Å². The molecule has 6 heteroatoms. The number of carboxylic acid groups (broad SMARTS) is 1. The fourth-order valence-electron chi connectivity index (χ4n) is 1.86. The van der Waals surface area contributed by atoms with Crippen LogP contribution in [0.2, 0.25) is 10.0 Å². The van der Waals surface area contributed by atoms with Gasteiger partial charge in [0.1, 0.15) is 18.1 Å². The molecule has 2 aromatic rings. The molecule has 0 unspecified atom stereocenters. The summed E-state index contributed by atoms with van der Waals surface area (Å²) in [7, 11) is 1.55. The van der Waals surface area contributed by atoms with Crippen LogP contribution in [0.4, 0.5) is 0 Å². The molecule has 0 aliphatic rings. The average Bonchev–Trinajstić information content (AvgIpc) is 2.54. The molecule has 0 spiro atoms. The second-order valence-electron chi connectivity index (χ2n) is 4.61. The molecule has 2 aromatic carbocycles. The minimum atomic E-state index is -1.03. The lowest BCUT2D eigenvalue weighted by molar-refractivity contribution is -0.131. The number of hydrogen-bond donors (Lipinski definition) is 1. The van der Waals surface area contributed by atoms with Crippen LogP contribution < -0.4 is 9.47 Å². The lowest BCUT2D eigenvalue weighted by Gasteiger charge is -2.11. The number of benzene rings is 2. The Morgan fingerprint density at radius 3 is 2.61 bits per heavy atom. The van der Waals surface area contributed by atoms with E-state index in [1.807, 2.05) is 0 Å². The lowest BCUT2D eigenvalue weighted by atomic mass is 10.1. The Hall–Kier alpha value is -2.17. The molecule has 0 aromatic heterocycles. The quantitative estimate of drug-likeness (QED) is 0.767. The Bertz CT molecular complexity index is 741. The number of aliphatic carboxylic acids is 1. The van der Waals surface area contributed by atoms with Gasteiger partial charge in [-0.2, -0.15) is 0 Å². The molecule has 1 N–H and O–H groups in total. The van der Waals surface area contributed by atoms with Gasteiger partial charge < -0.3 is 14.6 Å². The molecule has 23 heavy (non-hydrogen) atoms. The van der Waals surface area contributed by atoms with E-state index < -0.39 is 5.97 Å². The molecular formula is C17H14Cl2O4. The average molecular weight is 353 g/mol. The normalized spacial score (nSPS) is 10.7. The van der Waals surface area contributed by atoms with Crippen molar-refractivity contribution in [3.63, 3.8) is 0 Å². The van der Waals surface area contributed by atoms with Crippen LogP contribution in [-0.4, -0.2) is 18.2 Å². The number of halogens is 2. The second-order valence-corrected chi connectivity index (χ2v) is 5.43. The third-order valence-electron chi connectivity index (χ3n) is 3.00. The number of rotatable bonds is 6. The summed E-state index contributed by atoms with van der Waals surface area (Å²) in [6.45, 7) is 0.262. The van der Waals surface area contributed by atoms with Gasteiger partial charge in [-0.15, -0.1) is 0 Å². The highest BCUT2D eigenvalue weighted by Crippen LogP contribution is 2.28. The van der Waals surface area contributed by atoms with E-state index in [0.717, 1.165) is 11.6 Å². The first kappa shape index (κ1) is 17.2. The highest BCUT2D eigenvalue weighted by Gasteiger charge is 2.06. The van der Waals surface area contributed by atoms with Crippen LogP contribution in [0.3, 0.4) is 0 Å². The summed E-state index contributed by atoms with van der Waals surface area (Å²) >= 11 is 11.9. The van der Waals surface area contributed by atoms with Crippen molar-refractivity contribution in [1.82, 2.24) is 0 Å². The van der Waals surface area contributed by atoms with E-state index in [4.69, 9.17) is 37.8 Å². The van der Waals surface area contributed by atoms with E-state index in [9.17, 15) is 4.79 Å². The molecule has 4 nitrogen and oxygen atoms in total. The van der Waals surface area contributed by atoms with Crippen molar-refractivity contribution in [1.29, 1.82) is 0 Å². The van der Waals surface area contributed by atoms with Crippen LogP contribution in [-0.2, 0) is 11.4 Å². The number of carbonyl (C=O) groups is 1. The van der Waals surface area contributed by atoms with Crippen molar-refractivity contribution < 1.29 is 19.4 Å². The van der Waals surface area contributed by atoms with Crippen molar-refractivity contribution >= 4 is 35.2 Å². The maximum atomic E-state index is 10.7. The largest absolute Gasteiger partial charge is 0.497 e. The predicted octanol–water partition coefficient (Wildman–Crippen LogP) is 4.68. The van der Waals surface area contributed by atoms with Crippen molar-refractivity contribution in [2.45, 2.75) is 6.61 Å². The van der Waals surface area contributed by atoms with Crippen LogP contribution in [0.25, 0.3) is 6.08 Å². The van der Waals surface area contributed by atoms with Gasteiger partial charge in [-0.05, 0) is 35.9 Å². The van der Waals surface area contributed by atoms with Crippen molar-refractivity contribution in [3.8, 4) is 11.5 Å². The third kappa shape index (κ3) is 4.91. The first-order valence-corrected chi connectivity index (χ1v) is 7.41. The van der Waals surface area contributed by atoms with Crippen LogP contribution >= 0.6 is 23.2 Å². The Morgan fingerprint density at radius 2 is 1.96 bits per heavy atom. The molecule has 0 fully saturated rings. The lowest BCUT2D eigenvalue weighted by Crippen LogP contribution is -1.98. The maximum absolute atomic E-state index is 10.7. The highest BCUT2D eigenvalue weighted by molar-refractivity contribution is 6.42. The zero-order chi connectivity index (χ0) is 16.8. The van der Waals surface area contributed by atoms with E-state index in [1.54, 1.807) is 43.5 Å². The van der Waals surface area contributed by atoms with Gasteiger partial charge in [-0.1, -0.05) is 29.3 Å². The van der Waals surface area contributed by atoms with Gasteiger partial charge in [0.2, 0.25) is 0 Å². The minimum absolute atomic E-state index is 0.262. The summed E-state index contributed by atoms with van der Waals surface area (Å²) in [5.41, 5.74) is 1.48. The zero-order valence-corrected chi connectivity index (χ0v) is 13.8. The number of ether oxygens (including phenoxy) is 2. The van der Waals surface area contributed by atoms with Crippen molar-refractivity contribution in [2.75, 3.05) is 7.11 Å². The van der Waals surface area contributed by atoms with E-state index in [-0.39, 0.29) is 6.61 Å². The fourth-order valence-corrected chi connectivity index (χ4v) is 2.18. The molecule has 0 bridgehead atoms. The van der Waals surface area contributed by atoms with E-state index in [2.05, 4.69) is 0 Å². The summed E-state index contributed by atoms with van der Waals surface area (Å²) in [5, 5.41) is 9.67. The van der Waals surface area contributed by atoms with Crippen LogP contribution in [0.1, 0.15) is 11.1 Å². The molecule has 0 atom stereocenters. The number of methoxy groups -OCH3 is 1. The topological polar surface area (TPSA) is 55.8 Å². The molecule has 0 saturated heterocycles. The Labute approximate surface area is 143 Å². The first-order chi connectivity index (χ1) is 11.0. The summed E-state index contributed by atoms with van der Waals surface area (Å²) in [4.78, 5) is 10.7. The van der Waals surface area contributed by atoms with Gasteiger partial charge in [0.25, 0.3) is 0 Å². The monoisotopic (exact) mass is 352 g/mol. The van der Waals surface area contributed by atoms with Gasteiger partial charge in [0, 0.05) is 17.7 Å². The van der Waals surface area contributed by atoms with Crippen LogP contribution in [0.15, 0.2) is 42.5 Å². The van der Waals surface area contributed by atoms with E-state index in [1.165, 1.54) is 6.08 Å². The molecule has 2 rings (SSSR count). The van der Waals surface area contributed by atoms with Gasteiger partial charge in [-0.25, -0.2) is 4.79 Å².